The average molecular weight is 344 g/mol. The lowest BCUT2D eigenvalue weighted by Gasteiger charge is -2.23. The van der Waals surface area contributed by atoms with Crippen molar-refractivity contribution in [2.45, 2.75) is 26.1 Å². The van der Waals surface area contributed by atoms with Crippen LogP contribution in [0.4, 0.5) is 0 Å². The molecule has 24 heavy (non-hydrogen) atoms. The molecule has 128 valence electrons. The van der Waals surface area contributed by atoms with Gasteiger partial charge >= 0.3 is 0 Å². The fourth-order valence-corrected chi connectivity index (χ4v) is 4.00. The maximum absolute atomic E-state index is 12.7. The molecule has 0 aliphatic carbocycles. The molecule has 2 aromatic rings. The van der Waals surface area contributed by atoms with Crippen molar-refractivity contribution in [2.75, 3.05) is 26.7 Å². The molecule has 5 heteroatoms. The van der Waals surface area contributed by atoms with Crippen LogP contribution >= 0.6 is 11.3 Å². The molecule has 1 atom stereocenters. The van der Waals surface area contributed by atoms with Crippen LogP contribution in [0.25, 0.3) is 0 Å². The summed E-state index contributed by atoms with van der Waals surface area (Å²) in [5.41, 5.74) is 1.16. The van der Waals surface area contributed by atoms with Crippen molar-refractivity contribution in [1.29, 1.82) is 0 Å². The third kappa shape index (κ3) is 4.44. The van der Waals surface area contributed by atoms with E-state index in [1.165, 1.54) is 9.75 Å². The van der Waals surface area contributed by atoms with Crippen LogP contribution in [0.1, 0.15) is 15.3 Å². The molecule has 0 bridgehead atoms. The second-order valence-corrected chi connectivity index (χ2v) is 7.67. The van der Waals surface area contributed by atoms with Gasteiger partial charge in [-0.25, -0.2) is 0 Å². The quantitative estimate of drug-likeness (QED) is 0.836. The Morgan fingerprint density at radius 3 is 2.58 bits per heavy atom. The first-order chi connectivity index (χ1) is 11.6. The van der Waals surface area contributed by atoms with Gasteiger partial charge in [0.05, 0.1) is 12.6 Å². The second kappa shape index (κ2) is 7.92. The number of benzene rings is 1. The first-order valence-electron chi connectivity index (χ1n) is 8.26. The van der Waals surface area contributed by atoms with Crippen LogP contribution in [0.15, 0.2) is 42.5 Å². The zero-order valence-electron chi connectivity index (χ0n) is 14.3. The van der Waals surface area contributed by atoms with Gasteiger partial charge in [0, 0.05) is 43.0 Å². The highest BCUT2D eigenvalue weighted by molar-refractivity contribution is 7.11. The van der Waals surface area contributed by atoms with E-state index in [0.717, 1.165) is 18.7 Å². The van der Waals surface area contributed by atoms with Gasteiger partial charge in [0.1, 0.15) is 0 Å². The molecule has 1 amide bonds. The molecule has 1 aromatic heterocycles. The summed E-state index contributed by atoms with van der Waals surface area (Å²) in [6, 6.07) is 14.4. The van der Waals surface area contributed by atoms with Crippen LogP contribution in [-0.4, -0.2) is 48.6 Å². The summed E-state index contributed by atoms with van der Waals surface area (Å²) in [5.74, 6) is 0.173. The Hall–Kier alpha value is -1.69. The number of rotatable bonds is 5. The van der Waals surface area contributed by atoms with Crippen molar-refractivity contribution in [1.82, 2.24) is 9.80 Å². The normalized spacial score (nSPS) is 19.5. The van der Waals surface area contributed by atoms with Crippen molar-refractivity contribution < 1.29 is 9.53 Å². The van der Waals surface area contributed by atoms with Gasteiger partial charge in [-0.3, -0.25) is 9.69 Å². The molecule has 0 N–H and O–H groups in total. The van der Waals surface area contributed by atoms with Crippen molar-refractivity contribution in [3.8, 4) is 0 Å². The van der Waals surface area contributed by atoms with E-state index in [1.54, 1.807) is 18.4 Å². The lowest BCUT2D eigenvalue weighted by molar-refractivity contribution is -0.132. The smallest absolute Gasteiger partial charge is 0.237 e. The molecule has 0 radical (unpaired) electrons. The number of nitrogens with zero attached hydrogens (tertiary/aromatic N) is 2. The first-order valence-corrected chi connectivity index (χ1v) is 9.08. The van der Waals surface area contributed by atoms with Gasteiger partial charge in [0.25, 0.3) is 0 Å². The summed E-state index contributed by atoms with van der Waals surface area (Å²) in [6.45, 7) is 5.44. The fraction of sp³-hybridized carbons (Fsp3) is 0.421. The summed E-state index contributed by atoms with van der Waals surface area (Å²) in [5, 5.41) is 0. The summed E-state index contributed by atoms with van der Waals surface area (Å²) in [6.07, 6.45) is 0.0428. The average Bonchev–Trinajstić information content (AvgIpc) is 2.92. The third-order valence-corrected chi connectivity index (χ3v) is 5.31. The Morgan fingerprint density at radius 2 is 1.92 bits per heavy atom. The zero-order chi connectivity index (χ0) is 16.9. The lowest BCUT2D eigenvalue weighted by atomic mass is 10.2. The van der Waals surface area contributed by atoms with Gasteiger partial charge in [-0.1, -0.05) is 30.3 Å². The molecule has 0 saturated carbocycles. The number of hydrogen-bond acceptors (Lipinski definition) is 4. The second-order valence-electron chi connectivity index (χ2n) is 6.30. The predicted octanol–water partition coefficient (Wildman–Crippen LogP) is 2.92. The molecule has 3 rings (SSSR count). The molecule has 1 aromatic carbocycles. The molecule has 0 spiro atoms. The maximum atomic E-state index is 12.7. The molecule has 1 unspecified atom stereocenters. The number of carbonyl (C=O) groups excluding carboxylic acids is 1. The topological polar surface area (TPSA) is 32.8 Å². The molecule has 1 aliphatic heterocycles. The number of ether oxygens (including phenoxy) is 1. The number of hydrogen-bond donors (Lipinski definition) is 0. The summed E-state index contributed by atoms with van der Waals surface area (Å²) < 4.78 is 5.63. The Bertz CT molecular complexity index is 671. The standard InChI is InChI=1S/C19H24N2O2S/c1-15-8-9-18(24-15)13-20-11-17(23-2)12-21(19(22)14-20)10-16-6-4-3-5-7-16/h3-9,17H,10-14H2,1-2H3. The highest BCUT2D eigenvalue weighted by atomic mass is 32.1. The van der Waals surface area contributed by atoms with Crippen LogP contribution < -0.4 is 0 Å². The highest BCUT2D eigenvalue weighted by Crippen LogP contribution is 2.19. The van der Waals surface area contributed by atoms with Crippen LogP contribution in [0.2, 0.25) is 0 Å². The predicted molar refractivity (Wildman–Crippen MR) is 97.0 cm³/mol. The van der Waals surface area contributed by atoms with Crippen LogP contribution in [0.3, 0.4) is 0 Å². The zero-order valence-corrected chi connectivity index (χ0v) is 15.1. The van der Waals surface area contributed by atoms with Crippen LogP contribution in [-0.2, 0) is 22.6 Å². The molecule has 1 aliphatic rings. The van der Waals surface area contributed by atoms with Crippen molar-refractivity contribution in [2.24, 2.45) is 0 Å². The van der Waals surface area contributed by atoms with Crippen LogP contribution in [0.5, 0.6) is 0 Å². The van der Waals surface area contributed by atoms with Gasteiger partial charge in [0.2, 0.25) is 5.91 Å². The molecule has 1 saturated heterocycles. The summed E-state index contributed by atoms with van der Waals surface area (Å²) in [7, 11) is 1.73. The van der Waals surface area contributed by atoms with E-state index in [2.05, 4.69) is 36.1 Å². The van der Waals surface area contributed by atoms with E-state index in [4.69, 9.17) is 4.74 Å². The summed E-state index contributed by atoms with van der Waals surface area (Å²) in [4.78, 5) is 19.4. The van der Waals surface area contributed by atoms with Gasteiger partial charge < -0.3 is 9.64 Å². The van der Waals surface area contributed by atoms with Gasteiger partial charge in [-0.2, -0.15) is 0 Å². The lowest BCUT2D eigenvalue weighted by Crippen LogP contribution is -2.37. The SMILES string of the molecule is COC1CN(Cc2ccc(C)s2)CC(=O)N(Cc2ccccc2)C1. The minimum absolute atomic E-state index is 0.0428. The number of thiophene rings is 1. The molecular formula is C19H24N2O2S. The number of methoxy groups -OCH3 is 1. The van der Waals surface area contributed by atoms with Gasteiger partial charge in [0.15, 0.2) is 0 Å². The van der Waals surface area contributed by atoms with Crippen molar-refractivity contribution in [3.05, 3.63) is 57.8 Å². The summed E-state index contributed by atoms with van der Waals surface area (Å²) >= 11 is 1.79. The molecular weight excluding hydrogens is 320 g/mol. The van der Waals surface area contributed by atoms with E-state index < -0.39 is 0 Å². The molecule has 2 heterocycles. The molecule has 1 fully saturated rings. The van der Waals surface area contributed by atoms with Crippen molar-refractivity contribution >= 4 is 17.2 Å². The van der Waals surface area contributed by atoms with Gasteiger partial charge in [-0.15, -0.1) is 11.3 Å². The largest absolute Gasteiger partial charge is 0.378 e. The Balaban J connectivity index is 1.69. The minimum atomic E-state index is 0.0428. The monoisotopic (exact) mass is 344 g/mol. The first kappa shape index (κ1) is 17.1. The Kier molecular flexibility index (Phi) is 5.66. The van der Waals surface area contributed by atoms with E-state index in [0.29, 0.717) is 19.6 Å². The number of amides is 1. The number of carbonyl (C=O) groups is 1. The van der Waals surface area contributed by atoms with Crippen LogP contribution in [0, 0.1) is 6.92 Å². The fourth-order valence-electron chi connectivity index (χ4n) is 3.07. The minimum Gasteiger partial charge on any atom is -0.378 e. The van der Waals surface area contributed by atoms with Crippen molar-refractivity contribution in [3.63, 3.8) is 0 Å². The molecule has 4 nitrogen and oxygen atoms in total. The highest BCUT2D eigenvalue weighted by Gasteiger charge is 2.28. The Morgan fingerprint density at radius 1 is 1.12 bits per heavy atom. The van der Waals surface area contributed by atoms with E-state index in [9.17, 15) is 4.79 Å². The van der Waals surface area contributed by atoms with E-state index in [1.807, 2.05) is 23.1 Å². The Labute approximate surface area is 147 Å². The maximum Gasteiger partial charge on any atom is 0.237 e. The van der Waals surface area contributed by atoms with E-state index >= 15 is 0 Å². The van der Waals surface area contributed by atoms with Gasteiger partial charge in [-0.05, 0) is 24.6 Å². The third-order valence-electron chi connectivity index (χ3n) is 4.32. The van der Waals surface area contributed by atoms with E-state index in [-0.39, 0.29) is 12.0 Å². The number of aryl methyl sites for hydroxylation is 1.